The number of carbonyl (C=O) groups excluding carboxylic acids is 1. The standard InChI is InChI=1S/C13H18N2O4/c1-2-15(9-4-3-5-10(16)8-9)13(19)11(14)6-7-12(17)18/h3-5,8,11,16H,2,6-7,14H2,1H3,(H,17,18). The first-order chi connectivity index (χ1) is 8.95. The number of amides is 1. The van der Waals surface area contributed by atoms with E-state index in [-0.39, 0.29) is 24.5 Å². The zero-order chi connectivity index (χ0) is 14.4. The van der Waals surface area contributed by atoms with Crippen LogP contribution in [0.15, 0.2) is 24.3 Å². The van der Waals surface area contributed by atoms with Crippen LogP contribution >= 0.6 is 0 Å². The SMILES string of the molecule is CCN(C(=O)C(N)CCC(=O)O)c1cccc(O)c1. The molecule has 0 saturated heterocycles. The highest BCUT2D eigenvalue weighted by atomic mass is 16.4. The lowest BCUT2D eigenvalue weighted by Crippen LogP contribution is -2.44. The fraction of sp³-hybridized carbons (Fsp3) is 0.385. The summed E-state index contributed by atoms with van der Waals surface area (Å²) in [6, 6.07) is 5.42. The second kappa shape index (κ2) is 6.75. The van der Waals surface area contributed by atoms with E-state index in [1.54, 1.807) is 19.1 Å². The quantitative estimate of drug-likeness (QED) is 0.710. The molecule has 6 heteroatoms. The predicted molar refractivity (Wildman–Crippen MR) is 71.0 cm³/mol. The Kier molecular flexibility index (Phi) is 5.32. The predicted octanol–water partition coefficient (Wildman–Crippen LogP) is 0.937. The molecule has 0 radical (unpaired) electrons. The van der Waals surface area contributed by atoms with Crippen molar-refractivity contribution in [3.63, 3.8) is 0 Å². The summed E-state index contributed by atoms with van der Waals surface area (Å²) in [5.74, 6) is -1.28. The zero-order valence-corrected chi connectivity index (χ0v) is 10.7. The number of anilines is 1. The number of phenolic OH excluding ortho intramolecular Hbond substituents is 1. The summed E-state index contributed by atoms with van der Waals surface area (Å²) in [7, 11) is 0. The third-order valence-electron chi connectivity index (χ3n) is 2.71. The van der Waals surface area contributed by atoms with Crippen molar-refractivity contribution >= 4 is 17.6 Å². The van der Waals surface area contributed by atoms with Gasteiger partial charge in [0.1, 0.15) is 5.75 Å². The lowest BCUT2D eigenvalue weighted by Gasteiger charge is -2.24. The number of rotatable bonds is 6. The van der Waals surface area contributed by atoms with Gasteiger partial charge >= 0.3 is 5.97 Å². The Balaban J connectivity index is 2.79. The van der Waals surface area contributed by atoms with Crippen molar-refractivity contribution in [3.8, 4) is 5.75 Å². The van der Waals surface area contributed by atoms with E-state index < -0.39 is 12.0 Å². The van der Waals surface area contributed by atoms with Crippen LogP contribution in [0.5, 0.6) is 5.75 Å². The highest BCUT2D eigenvalue weighted by Crippen LogP contribution is 2.20. The molecule has 6 nitrogen and oxygen atoms in total. The van der Waals surface area contributed by atoms with Gasteiger partial charge in [-0.1, -0.05) is 6.07 Å². The fourth-order valence-electron chi connectivity index (χ4n) is 1.73. The minimum Gasteiger partial charge on any atom is -0.508 e. The third kappa shape index (κ3) is 4.26. The van der Waals surface area contributed by atoms with Crippen molar-refractivity contribution < 1.29 is 19.8 Å². The number of carbonyl (C=O) groups is 2. The molecule has 0 aromatic heterocycles. The molecule has 1 atom stereocenters. The van der Waals surface area contributed by atoms with Gasteiger partial charge in [0.2, 0.25) is 5.91 Å². The van der Waals surface area contributed by atoms with Crippen LogP contribution in [-0.4, -0.2) is 34.7 Å². The summed E-state index contributed by atoms with van der Waals surface area (Å²) in [4.78, 5) is 24.0. The molecule has 1 unspecified atom stereocenters. The Bertz CT molecular complexity index is 462. The molecule has 0 aliphatic carbocycles. The Labute approximate surface area is 111 Å². The zero-order valence-electron chi connectivity index (χ0n) is 10.7. The number of carboxylic acid groups (broad SMARTS) is 1. The van der Waals surface area contributed by atoms with Gasteiger partial charge in [-0.25, -0.2) is 0 Å². The van der Waals surface area contributed by atoms with Crippen molar-refractivity contribution in [1.29, 1.82) is 0 Å². The molecule has 0 saturated carbocycles. The van der Waals surface area contributed by atoms with Gasteiger partial charge in [0.15, 0.2) is 0 Å². The molecular formula is C13H18N2O4. The molecule has 0 spiro atoms. The average Bonchev–Trinajstić information content (AvgIpc) is 2.36. The number of nitrogens with zero attached hydrogens (tertiary/aromatic N) is 1. The average molecular weight is 266 g/mol. The molecule has 1 rings (SSSR count). The number of hydrogen-bond acceptors (Lipinski definition) is 4. The molecule has 19 heavy (non-hydrogen) atoms. The van der Waals surface area contributed by atoms with Crippen LogP contribution in [0.1, 0.15) is 19.8 Å². The van der Waals surface area contributed by atoms with Crippen LogP contribution in [0.2, 0.25) is 0 Å². The van der Waals surface area contributed by atoms with E-state index in [0.717, 1.165) is 0 Å². The van der Waals surface area contributed by atoms with Crippen molar-refractivity contribution in [2.24, 2.45) is 5.73 Å². The van der Waals surface area contributed by atoms with Crippen molar-refractivity contribution in [3.05, 3.63) is 24.3 Å². The van der Waals surface area contributed by atoms with Crippen molar-refractivity contribution in [1.82, 2.24) is 0 Å². The topological polar surface area (TPSA) is 104 Å². The number of aromatic hydroxyl groups is 1. The Morgan fingerprint density at radius 1 is 1.42 bits per heavy atom. The summed E-state index contributed by atoms with van der Waals surface area (Å²) in [6.45, 7) is 2.18. The summed E-state index contributed by atoms with van der Waals surface area (Å²) in [5, 5.41) is 18.0. The van der Waals surface area contributed by atoms with Crippen LogP contribution < -0.4 is 10.6 Å². The first-order valence-corrected chi connectivity index (χ1v) is 6.03. The van der Waals surface area contributed by atoms with E-state index in [4.69, 9.17) is 10.8 Å². The molecule has 0 fully saturated rings. The maximum absolute atomic E-state index is 12.1. The Morgan fingerprint density at radius 3 is 2.63 bits per heavy atom. The number of phenols is 1. The van der Waals surface area contributed by atoms with Crippen molar-refractivity contribution in [2.75, 3.05) is 11.4 Å². The van der Waals surface area contributed by atoms with Gasteiger partial charge in [-0.05, 0) is 25.5 Å². The van der Waals surface area contributed by atoms with Gasteiger partial charge in [-0.15, -0.1) is 0 Å². The number of aliphatic carboxylic acids is 1. The molecule has 0 heterocycles. The maximum atomic E-state index is 12.1. The molecule has 0 aliphatic rings. The van der Waals surface area contributed by atoms with E-state index in [1.807, 2.05) is 0 Å². The van der Waals surface area contributed by atoms with Gasteiger partial charge < -0.3 is 20.8 Å². The Hall–Kier alpha value is -2.08. The van der Waals surface area contributed by atoms with Crippen LogP contribution in [0.4, 0.5) is 5.69 Å². The summed E-state index contributed by atoms with van der Waals surface area (Å²) >= 11 is 0. The van der Waals surface area contributed by atoms with Crippen LogP contribution in [-0.2, 0) is 9.59 Å². The highest BCUT2D eigenvalue weighted by Gasteiger charge is 2.21. The lowest BCUT2D eigenvalue weighted by atomic mass is 10.1. The number of nitrogens with two attached hydrogens (primary N) is 1. The number of likely N-dealkylation sites (N-methyl/N-ethyl adjacent to an activating group) is 1. The molecule has 104 valence electrons. The molecule has 1 aromatic rings. The largest absolute Gasteiger partial charge is 0.508 e. The molecule has 1 amide bonds. The first-order valence-electron chi connectivity index (χ1n) is 6.03. The molecule has 0 aliphatic heterocycles. The number of carboxylic acids is 1. The minimum absolute atomic E-state index is 0.0582. The highest BCUT2D eigenvalue weighted by molar-refractivity contribution is 5.97. The Morgan fingerprint density at radius 2 is 2.11 bits per heavy atom. The van der Waals surface area contributed by atoms with Gasteiger partial charge in [0.25, 0.3) is 0 Å². The van der Waals surface area contributed by atoms with Gasteiger partial charge in [0, 0.05) is 24.7 Å². The minimum atomic E-state index is -0.983. The van der Waals surface area contributed by atoms with Crippen LogP contribution in [0, 0.1) is 0 Å². The fourth-order valence-corrected chi connectivity index (χ4v) is 1.73. The van der Waals surface area contributed by atoms with E-state index >= 15 is 0 Å². The third-order valence-corrected chi connectivity index (χ3v) is 2.71. The van der Waals surface area contributed by atoms with Gasteiger partial charge in [-0.3, -0.25) is 9.59 Å². The van der Waals surface area contributed by atoms with Crippen molar-refractivity contribution in [2.45, 2.75) is 25.8 Å². The van der Waals surface area contributed by atoms with Crippen LogP contribution in [0.25, 0.3) is 0 Å². The summed E-state index contributed by atoms with van der Waals surface area (Å²) < 4.78 is 0. The van der Waals surface area contributed by atoms with E-state index in [9.17, 15) is 14.7 Å². The number of hydrogen-bond donors (Lipinski definition) is 3. The monoisotopic (exact) mass is 266 g/mol. The summed E-state index contributed by atoms with van der Waals surface area (Å²) in [6.07, 6.45) is -0.0615. The molecule has 4 N–H and O–H groups in total. The first kappa shape index (κ1) is 15.0. The molecule has 1 aromatic carbocycles. The second-order valence-electron chi connectivity index (χ2n) is 4.14. The lowest BCUT2D eigenvalue weighted by molar-refractivity contribution is -0.137. The van der Waals surface area contributed by atoms with E-state index in [0.29, 0.717) is 12.2 Å². The molecule has 0 bridgehead atoms. The van der Waals surface area contributed by atoms with Gasteiger partial charge in [0.05, 0.1) is 6.04 Å². The van der Waals surface area contributed by atoms with E-state index in [1.165, 1.54) is 17.0 Å². The second-order valence-corrected chi connectivity index (χ2v) is 4.14. The van der Waals surface area contributed by atoms with Gasteiger partial charge in [-0.2, -0.15) is 0 Å². The normalized spacial score (nSPS) is 11.9. The molecular weight excluding hydrogens is 248 g/mol. The maximum Gasteiger partial charge on any atom is 0.303 e. The van der Waals surface area contributed by atoms with E-state index in [2.05, 4.69) is 0 Å². The summed E-state index contributed by atoms with van der Waals surface area (Å²) in [5.41, 5.74) is 6.24. The number of benzene rings is 1. The van der Waals surface area contributed by atoms with Crippen LogP contribution in [0.3, 0.4) is 0 Å². The smallest absolute Gasteiger partial charge is 0.303 e.